The second kappa shape index (κ2) is 10.9. The van der Waals surface area contributed by atoms with Crippen molar-refractivity contribution in [3.8, 4) is 23.0 Å². The summed E-state index contributed by atoms with van der Waals surface area (Å²) in [7, 11) is 3.48. The number of ether oxygens (including phenoxy) is 1. The number of aryl methyl sites for hydroxylation is 1. The zero-order valence-corrected chi connectivity index (χ0v) is 23.2. The lowest BCUT2D eigenvalue weighted by molar-refractivity contribution is -0.126. The van der Waals surface area contributed by atoms with Crippen LogP contribution in [0.3, 0.4) is 0 Å². The molecule has 2 aromatic heterocycles. The maximum absolute atomic E-state index is 13.4. The van der Waals surface area contributed by atoms with Crippen LogP contribution in [-0.2, 0) is 4.79 Å². The van der Waals surface area contributed by atoms with Crippen molar-refractivity contribution in [1.29, 1.82) is 0 Å². The largest absolute Gasteiger partial charge is 0.420 e. The van der Waals surface area contributed by atoms with Crippen molar-refractivity contribution >= 4 is 28.9 Å². The van der Waals surface area contributed by atoms with Crippen molar-refractivity contribution in [2.24, 2.45) is 16.1 Å². The van der Waals surface area contributed by atoms with Crippen molar-refractivity contribution in [1.82, 2.24) is 19.6 Å². The summed E-state index contributed by atoms with van der Waals surface area (Å²) >= 11 is 1.08. The third kappa shape index (κ3) is 5.27. The molecule has 2 amide bonds. The van der Waals surface area contributed by atoms with Gasteiger partial charge >= 0.3 is 0 Å². The summed E-state index contributed by atoms with van der Waals surface area (Å²) in [6.07, 6.45) is 0. The van der Waals surface area contributed by atoms with E-state index < -0.39 is 11.3 Å². The number of hydrogen-bond acceptors (Lipinski definition) is 7. The molecule has 1 aliphatic heterocycles. The minimum absolute atomic E-state index is 0.0370. The van der Waals surface area contributed by atoms with Crippen LogP contribution in [0.4, 0.5) is 0 Å². The zero-order valence-electron chi connectivity index (χ0n) is 22.4. The molecule has 38 heavy (non-hydrogen) atoms. The number of hydrogen-bond donors (Lipinski definition) is 2. The van der Waals surface area contributed by atoms with Gasteiger partial charge in [0.05, 0.1) is 11.1 Å². The highest BCUT2D eigenvalue weighted by Crippen LogP contribution is 2.51. The zero-order chi connectivity index (χ0) is 27.6. The molecule has 0 fully saturated rings. The molecule has 1 aliphatic rings. The fraction of sp³-hybridized carbons (Fsp3) is 0.321. The summed E-state index contributed by atoms with van der Waals surface area (Å²) in [5.74, 6) is -0.0119. The Morgan fingerprint density at radius 1 is 1.08 bits per heavy atom. The number of benzene rings is 1. The minimum Gasteiger partial charge on any atom is -0.420 e. The second-order valence-electron chi connectivity index (χ2n) is 9.65. The molecule has 0 saturated carbocycles. The average Bonchev–Trinajstić information content (AvgIpc) is 2.90. The molecule has 0 aliphatic carbocycles. The van der Waals surface area contributed by atoms with E-state index in [0.717, 1.165) is 34.3 Å². The molecular weight excluding hydrogens is 500 g/mol. The fourth-order valence-electron chi connectivity index (χ4n) is 4.44. The van der Waals surface area contributed by atoms with Crippen LogP contribution in [0.1, 0.15) is 53.9 Å². The highest BCUT2D eigenvalue weighted by atomic mass is 32.2. The van der Waals surface area contributed by atoms with Crippen molar-refractivity contribution in [3.63, 3.8) is 0 Å². The van der Waals surface area contributed by atoms with Gasteiger partial charge < -0.3 is 15.4 Å². The normalized spacial score (nSPS) is 14.8. The topological polar surface area (TPSA) is 123 Å². The third-order valence-corrected chi connectivity index (χ3v) is 7.18. The lowest BCUT2D eigenvalue weighted by Crippen LogP contribution is -2.34. The smallest absolute Gasteiger partial charge is 0.254 e. The first-order valence-corrected chi connectivity index (χ1v) is 13.1. The summed E-state index contributed by atoms with van der Waals surface area (Å²) in [6.45, 7) is 8.13. The molecular formula is C28H32N6O3S. The Morgan fingerprint density at radius 2 is 1.71 bits per heavy atom. The Balaban J connectivity index is 1.76. The number of carbonyl (C=O) groups is 2. The number of rotatable bonds is 6. The number of carbonyl (C=O) groups excluding carboxylic acids is 2. The van der Waals surface area contributed by atoms with Gasteiger partial charge in [-0.1, -0.05) is 38.1 Å². The number of nitrogens with two attached hydrogens (primary N) is 1. The highest BCUT2D eigenvalue weighted by Gasteiger charge is 2.44. The van der Waals surface area contributed by atoms with Crippen molar-refractivity contribution in [2.45, 2.75) is 33.6 Å². The molecule has 0 spiro atoms. The van der Waals surface area contributed by atoms with E-state index in [-0.39, 0.29) is 17.0 Å². The van der Waals surface area contributed by atoms with Gasteiger partial charge in [-0.3, -0.25) is 14.3 Å². The molecule has 3 N–H and O–H groups in total. The number of fused-ring (bicyclic) bond motifs is 2. The molecule has 0 radical (unpaired) electrons. The summed E-state index contributed by atoms with van der Waals surface area (Å²) in [4.78, 5) is 41.0. The Bertz CT molecular complexity index is 1400. The maximum Gasteiger partial charge on any atom is 0.254 e. The predicted octanol–water partition coefficient (Wildman–Crippen LogP) is 4.52. The van der Waals surface area contributed by atoms with E-state index >= 15 is 0 Å². The molecule has 3 aromatic rings. The van der Waals surface area contributed by atoms with Gasteiger partial charge in [-0.05, 0) is 57.1 Å². The molecule has 10 heteroatoms. The van der Waals surface area contributed by atoms with Crippen LogP contribution in [-0.4, -0.2) is 52.5 Å². The Kier molecular flexibility index (Phi) is 7.84. The van der Waals surface area contributed by atoms with Crippen LogP contribution in [0.5, 0.6) is 11.8 Å². The van der Waals surface area contributed by atoms with Crippen LogP contribution >= 0.6 is 11.9 Å². The van der Waals surface area contributed by atoms with E-state index in [4.69, 9.17) is 15.5 Å². The molecule has 0 unspecified atom stereocenters. The molecule has 198 valence electrons. The number of aliphatic imine (C=N–C) groups is 1. The van der Waals surface area contributed by atoms with E-state index in [9.17, 15) is 9.59 Å². The first-order chi connectivity index (χ1) is 18.1. The van der Waals surface area contributed by atoms with Crippen LogP contribution in [0.2, 0.25) is 0 Å². The van der Waals surface area contributed by atoms with Crippen molar-refractivity contribution in [3.05, 3.63) is 70.9 Å². The quantitative estimate of drug-likeness (QED) is 0.270. The average molecular weight is 533 g/mol. The van der Waals surface area contributed by atoms with Gasteiger partial charge in [0, 0.05) is 47.5 Å². The van der Waals surface area contributed by atoms with E-state index in [1.54, 1.807) is 31.1 Å². The third-order valence-electron chi connectivity index (χ3n) is 6.67. The SMILES string of the molecule is CCN(C)C(=O)c1ccc(-c2ccc3c(n2)Oc2nc(C)ccc2[C@@H]3C(C)(C)C(=O)N=C(N)SNC)cc1. The second-order valence-corrected chi connectivity index (χ2v) is 10.7. The molecule has 4 rings (SSSR count). The fourth-order valence-corrected chi connectivity index (χ4v) is 4.78. The van der Waals surface area contributed by atoms with Gasteiger partial charge in [0.25, 0.3) is 11.8 Å². The molecule has 1 aromatic carbocycles. The lowest BCUT2D eigenvalue weighted by Gasteiger charge is -2.36. The van der Waals surface area contributed by atoms with Gasteiger partial charge in [-0.25, -0.2) is 9.97 Å². The Labute approximate surface area is 227 Å². The molecule has 0 saturated heterocycles. The predicted molar refractivity (Wildman–Crippen MR) is 150 cm³/mol. The van der Waals surface area contributed by atoms with Gasteiger partial charge in [0.15, 0.2) is 5.17 Å². The molecule has 1 atom stereocenters. The summed E-state index contributed by atoms with van der Waals surface area (Å²) < 4.78 is 9.01. The van der Waals surface area contributed by atoms with Crippen LogP contribution in [0.15, 0.2) is 53.5 Å². The molecule has 3 heterocycles. The molecule has 0 bridgehead atoms. The maximum atomic E-state index is 13.4. The monoisotopic (exact) mass is 532 g/mol. The summed E-state index contributed by atoms with van der Waals surface area (Å²) in [6, 6.07) is 15.0. The Morgan fingerprint density at radius 3 is 2.34 bits per heavy atom. The molecule has 9 nitrogen and oxygen atoms in total. The first kappa shape index (κ1) is 27.3. The summed E-state index contributed by atoms with van der Waals surface area (Å²) in [5, 5.41) is 0.139. The number of pyridine rings is 2. The summed E-state index contributed by atoms with van der Waals surface area (Å²) in [5.41, 5.74) is 9.40. The van der Waals surface area contributed by atoms with Crippen molar-refractivity contribution < 1.29 is 14.3 Å². The van der Waals surface area contributed by atoms with E-state index in [0.29, 0.717) is 29.6 Å². The van der Waals surface area contributed by atoms with Gasteiger partial charge in [-0.15, -0.1) is 0 Å². The van der Waals surface area contributed by atoms with Crippen LogP contribution < -0.4 is 15.2 Å². The van der Waals surface area contributed by atoms with Crippen LogP contribution in [0, 0.1) is 12.3 Å². The number of nitrogens with zero attached hydrogens (tertiary/aromatic N) is 4. The first-order valence-electron chi connectivity index (χ1n) is 12.3. The standard InChI is InChI=1S/C28H32N6O3S/c1-7-34(6)25(35)18-11-9-17(10-12-18)21-15-14-20-22(28(3,4)26(36)33-27(29)38-30-5)19-13-8-16(2)31-23(19)37-24(20)32-21/h8-15,22,30H,7H2,1-6H3,(H2,29,33,36)/t22-/m0/s1. The van der Waals surface area contributed by atoms with Gasteiger partial charge in [-0.2, -0.15) is 4.99 Å². The van der Waals surface area contributed by atoms with Crippen LogP contribution in [0.25, 0.3) is 11.3 Å². The van der Waals surface area contributed by atoms with Gasteiger partial charge in [0.2, 0.25) is 11.8 Å². The van der Waals surface area contributed by atoms with Crippen molar-refractivity contribution in [2.75, 3.05) is 20.6 Å². The van der Waals surface area contributed by atoms with E-state index in [2.05, 4.69) is 14.7 Å². The number of nitrogens with one attached hydrogen (secondary N) is 1. The minimum atomic E-state index is -0.973. The number of aromatic nitrogens is 2. The van der Waals surface area contributed by atoms with E-state index in [1.165, 1.54) is 0 Å². The van der Waals surface area contributed by atoms with Gasteiger partial charge in [0.1, 0.15) is 0 Å². The Hall–Kier alpha value is -3.76. The lowest BCUT2D eigenvalue weighted by atomic mass is 9.70. The number of amides is 2. The number of amidine groups is 1. The highest BCUT2D eigenvalue weighted by molar-refractivity contribution is 8.12. The van der Waals surface area contributed by atoms with E-state index in [1.807, 2.05) is 64.1 Å².